The van der Waals surface area contributed by atoms with Gasteiger partial charge in [-0.05, 0) is 27.7 Å². The van der Waals surface area contributed by atoms with Gasteiger partial charge < -0.3 is 9.80 Å². The van der Waals surface area contributed by atoms with Crippen LogP contribution in [0.2, 0.25) is 0 Å². The van der Waals surface area contributed by atoms with Crippen molar-refractivity contribution in [3.05, 3.63) is 21.5 Å². The number of allylic oxidation sites excluding steroid dienone is 2. The van der Waals surface area contributed by atoms with E-state index in [9.17, 15) is 9.59 Å². The molecule has 0 radical (unpaired) electrons. The molecule has 1 rings (SSSR count). The fraction of sp³-hybridized carbons (Fsp3) is 0.571. The lowest BCUT2D eigenvalue weighted by Gasteiger charge is -2.31. The highest BCUT2D eigenvalue weighted by Crippen LogP contribution is 2.32. The first-order valence-corrected chi connectivity index (χ1v) is 7.58. The molecule has 0 aliphatic heterocycles. The maximum Gasteiger partial charge on any atom is 0.224 e. The van der Waals surface area contributed by atoms with Crippen LogP contribution in [0, 0.1) is 0 Å². The smallest absolute Gasteiger partial charge is 0.224 e. The zero-order chi connectivity index (χ0) is 15.4. The number of ketones is 2. The second-order valence-electron chi connectivity index (χ2n) is 4.33. The zero-order valence-electron chi connectivity index (χ0n) is 12.3. The quantitative estimate of drug-likeness (QED) is 0.706. The lowest BCUT2D eigenvalue weighted by Crippen LogP contribution is -2.37. The lowest BCUT2D eigenvalue weighted by molar-refractivity contribution is -0.117. The van der Waals surface area contributed by atoms with Gasteiger partial charge in [0.1, 0.15) is 21.5 Å². The minimum absolute atomic E-state index is 0.0370. The highest BCUT2D eigenvalue weighted by Gasteiger charge is 2.37. The number of hydrogen-bond acceptors (Lipinski definition) is 4. The highest BCUT2D eigenvalue weighted by atomic mass is 35.5. The van der Waals surface area contributed by atoms with E-state index in [0.29, 0.717) is 26.2 Å². The molecule has 20 heavy (non-hydrogen) atoms. The molecule has 0 unspecified atom stereocenters. The van der Waals surface area contributed by atoms with Crippen LogP contribution in [0.1, 0.15) is 27.7 Å². The summed E-state index contributed by atoms with van der Waals surface area (Å²) in [6.45, 7) is 9.95. The Morgan fingerprint density at radius 1 is 0.700 bits per heavy atom. The lowest BCUT2D eigenvalue weighted by atomic mass is 10.0. The van der Waals surface area contributed by atoms with Gasteiger partial charge in [0.05, 0.1) is 0 Å². The molecule has 0 aromatic heterocycles. The summed E-state index contributed by atoms with van der Waals surface area (Å²) in [6, 6.07) is 0. The average Bonchev–Trinajstić information content (AvgIpc) is 2.46. The Morgan fingerprint density at radius 3 is 1.15 bits per heavy atom. The SMILES string of the molecule is CCN(CC)C1=C(Cl)C(=O)C(N(CC)CC)=C(Cl)C1=O. The molecule has 0 fully saturated rings. The number of halogens is 2. The van der Waals surface area contributed by atoms with Crippen LogP contribution in [0.4, 0.5) is 0 Å². The van der Waals surface area contributed by atoms with Gasteiger partial charge >= 0.3 is 0 Å². The fourth-order valence-electron chi connectivity index (χ4n) is 2.27. The summed E-state index contributed by atoms with van der Waals surface area (Å²) in [6.07, 6.45) is 0. The average molecular weight is 319 g/mol. The van der Waals surface area contributed by atoms with E-state index < -0.39 is 0 Å². The van der Waals surface area contributed by atoms with Gasteiger partial charge in [-0.3, -0.25) is 9.59 Å². The molecule has 0 spiro atoms. The Kier molecular flexibility index (Phi) is 6.08. The summed E-state index contributed by atoms with van der Waals surface area (Å²) in [5, 5.41) is -0.0741. The van der Waals surface area contributed by atoms with Crippen LogP contribution in [-0.4, -0.2) is 47.5 Å². The molecule has 0 amide bonds. The molecule has 0 N–H and O–H groups in total. The zero-order valence-corrected chi connectivity index (χ0v) is 13.8. The van der Waals surface area contributed by atoms with E-state index in [4.69, 9.17) is 23.2 Å². The van der Waals surface area contributed by atoms with Crippen molar-refractivity contribution in [2.45, 2.75) is 27.7 Å². The summed E-state index contributed by atoms with van der Waals surface area (Å²) in [5.74, 6) is -0.747. The van der Waals surface area contributed by atoms with Gasteiger partial charge in [0.15, 0.2) is 0 Å². The number of rotatable bonds is 6. The summed E-state index contributed by atoms with van der Waals surface area (Å²) in [7, 11) is 0. The molecule has 1 aliphatic carbocycles. The summed E-state index contributed by atoms with van der Waals surface area (Å²) < 4.78 is 0. The van der Waals surface area contributed by atoms with E-state index in [2.05, 4.69) is 0 Å². The molecule has 0 heterocycles. The molecule has 0 saturated carbocycles. The molecule has 112 valence electrons. The van der Waals surface area contributed by atoms with Gasteiger partial charge in [0.2, 0.25) is 11.6 Å². The van der Waals surface area contributed by atoms with Crippen molar-refractivity contribution < 1.29 is 9.59 Å². The maximum atomic E-state index is 12.4. The third-order valence-electron chi connectivity index (χ3n) is 3.40. The Morgan fingerprint density at radius 2 is 0.950 bits per heavy atom. The van der Waals surface area contributed by atoms with Crippen LogP contribution in [-0.2, 0) is 9.59 Å². The summed E-state index contributed by atoms with van der Waals surface area (Å²) in [5.41, 5.74) is 0.421. The van der Waals surface area contributed by atoms with Crippen LogP contribution in [0.25, 0.3) is 0 Å². The second kappa shape index (κ2) is 7.14. The van der Waals surface area contributed by atoms with Gasteiger partial charge in [0, 0.05) is 26.2 Å². The third kappa shape index (κ3) is 2.86. The van der Waals surface area contributed by atoms with Crippen LogP contribution < -0.4 is 0 Å². The standard InChI is InChI=1S/C14H20Cl2N2O2/c1-5-17(6-2)11-9(15)14(20)12(10(16)13(11)19)18(7-3)8-4/h5-8H2,1-4H3. The van der Waals surface area contributed by atoms with Crippen LogP contribution in [0.3, 0.4) is 0 Å². The number of carbonyl (C=O) groups excluding carboxylic acids is 2. The van der Waals surface area contributed by atoms with Gasteiger partial charge in [-0.2, -0.15) is 0 Å². The highest BCUT2D eigenvalue weighted by molar-refractivity contribution is 6.55. The van der Waals surface area contributed by atoms with Gasteiger partial charge in [-0.1, -0.05) is 23.2 Å². The normalized spacial score (nSPS) is 16.1. The van der Waals surface area contributed by atoms with E-state index in [-0.39, 0.29) is 33.0 Å². The van der Waals surface area contributed by atoms with Crippen molar-refractivity contribution in [1.29, 1.82) is 0 Å². The molecule has 0 aromatic rings. The van der Waals surface area contributed by atoms with Crippen LogP contribution >= 0.6 is 23.2 Å². The van der Waals surface area contributed by atoms with Crippen molar-refractivity contribution >= 4 is 34.8 Å². The van der Waals surface area contributed by atoms with E-state index >= 15 is 0 Å². The van der Waals surface area contributed by atoms with Crippen molar-refractivity contribution in [2.24, 2.45) is 0 Å². The first-order chi connectivity index (χ1) is 9.44. The number of hydrogen-bond donors (Lipinski definition) is 0. The van der Waals surface area contributed by atoms with Crippen LogP contribution in [0.15, 0.2) is 21.5 Å². The van der Waals surface area contributed by atoms with Gasteiger partial charge in [0.25, 0.3) is 0 Å². The number of likely N-dealkylation sites (N-methyl/N-ethyl adjacent to an activating group) is 2. The van der Waals surface area contributed by atoms with Crippen LogP contribution in [0.5, 0.6) is 0 Å². The molecule has 4 nitrogen and oxygen atoms in total. The second-order valence-corrected chi connectivity index (χ2v) is 5.08. The first kappa shape index (κ1) is 17.1. The van der Waals surface area contributed by atoms with Crippen molar-refractivity contribution in [2.75, 3.05) is 26.2 Å². The monoisotopic (exact) mass is 318 g/mol. The molecule has 0 atom stereocenters. The van der Waals surface area contributed by atoms with Gasteiger partial charge in [-0.25, -0.2) is 0 Å². The Hall–Kier alpha value is -1.00. The predicted octanol–water partition coefficient (Wildman–Crippen LogP) is 2.72. The number of nitrogens with zero attached hydrogens (tertiary/aromatic N) is 2. The van der Waals surface area contributed by atoms with E-state index in [1.165, 1.54) is 0 Å². The maximum absolute atomic E-state index is 12.4. The molecule has 6 heteroatoms. The molecule has 0 aromatic carbocycles. The fourth-order valence-corrected chi connectivity index (χ4v) is 2.86. The Labute approximate surface area is 130 Å². The van der Waals surface area contributed by atoms with Gasteiger partial charge in [-0.15, -0.1) is 0 Å². The van der Waals surface area contributed by atoms with E-state index in [1.54, 1.807) is 9.80 Å². The molecule has 0 saturated heterocycles. The first-order valence-electron chi connectivity index (χ1n) is 6.83. The van der Waals surface area contributed by atoms with Crippen molar-refractivity contribution in [3.63, 3.8) is 0 Å². The predicted molar refractivity (Wildman–Crippen MR) is 81.6 cm³/mol. The Bertz CT molecular complexity index is 432. The van der Waals surface area contributed by atoms with Crippen molar-refractivity contribution in [3.8, 4) is 0 Å². The Balaban J connectivity index is 3.34. The summed E-state index contributed by atoms with van der Waals surface area (Å²) >= 11 is 12.3. The molecule has 1 aliphatic rings. The molecule has 0 bridgehead atoms. The number of Topliss-reactive ketones (excluding diaryl/α,β-unsaturated/α-hetero) is 2. The summed E-state index contributed by atoms with van der Waals surface area (Å²) in [4.78, 5) is 28.4. The third-order valence-corrected chi connectivity index (χ3v) is 4.11. The van der Waals surface area contributed by atoms with Crippen molar-refractivity contribution in [1.82, 2.24) is 9.80 Å². The van der Waals surface area contributed by atoms with E-state index in [1.807, 2.05) is 27.7 Å². The number of carbonyl (C=O) groups is 2. The molecular weight excluding hydrogens is 299 g/mol. The minimum atomic E-state index is -0.373. The minimum Gasteiger partial charge on any atom is -0.368 e. The molecular formula is C14H20Cl2N2O2. The van der Waals surface area contributed by atoms with E-state index in [0.717, 1.165) is 0 Å². The topological polar surface area (TPSA) is 40.6 Å². The largest absolute Gasteiger partial charge is 0.368 e.